The molecule has 6 heteroatoms. The van der Waals surface area contributed by atoms with Gasteiger partial charge in [0.25, 0.3) is 0 Å². The summed E-state index contributed by atoms with van der Waals surface area (Å²) < 4.78 is 28.2. The van der Waals surface area contributed by atoms with Gasteiger partial charge in [-0.1, -0.05) is 12.8 Å². The number of hydrogen-bond donors (Lipinski definition) is 1. The largest absolute Gasteiger partial charge is 0.497 e. The summed E-state index contributed by atoms with van der Waals surface area (Å²) in [4.78, 5) is 0. The normalized spacial score (nSPS) is 16.3. The average Bonchev–Trinajstić information content (AvgIpc) is 2.68. The van der Waals surface area contributed by atoms with Gasteiger partial charge in [0.1, 0.15) is 11.5 Å². The van der Waals surface area contributed by atoms with Crippen LogP contribution in [0.4, 0.5) is 5.69 Å². The standard InChI is InChI=1S/C22H35NO5/c1-9-10-14(2)21(27-7)19(25-5)11-15(3)20(26-6)17-12-16(24-4)13-18(23)22(17)28-8/h12-15,19-21H,11,23H2,1-8H3/t14-,15-,19-,20+,21+/m0/s1. The first kappa shape index (κ1) is 24.1. The van der Waals surface area contributed by atoms with Crippen molar-refractivity contribution in [3.8, 4) is 23.3 Å². The molecule has 5 atom stereocenters. The van der Waals surface area contributed by atoms with Crippen molar-refractivity contribution in [1.29, 1.82) is 0 Å². The molecule has 6 nitrogen and oxygen atoms in total. The molecule has 1 aromatic rings. The number of methoxy groups -OCH3 is 5. The van der Waals surface area contributed by atoms with E-state index in [1.54, 1.807) is 41.6 Å². The molecule has 0 fully saturated rings. The Morgan fingerprint density at radius 1 is 0.964 bits per heavy atom. The molecule has 0 aliphatic rings. The Kier molecular flexibility index (Phi) is 10.2. The van der Waals surface area contributed by atoms with Gasteiger partial charge in [0, 0.05) is 38.9 Å². The van der Waals surface area contributed by atoms with Crippen molar-refractivity contribution < 1.29 is 23.7 Å². The first-order valence-electron chi connectivity index (χ1n) is 9.40. The number of hydrogen-bond acceptors (Lipinski definition) is 6. The van der Waals surface area contributed by atoms with Gasteiger partial charge in [-0.05, 0) is 32.3 Å². The number of ether oxygens (including phenoxy) is 5. The molecule has 0 heterocycles. The molecule has 0 saturated carbocycles. The smallest absolute Gasteiger partial charge is 0.147 e. The van der Waals surface area contributed by atoms with Crippen LogP contribution < -0.4 is 15.2 Å². The van der Waals surface area contributed by atoms with Crippen molar-refractivity contribution in [3.05, 3.63) is 17.7 Å². The number of anilines is 1. The number of benzene rings is 1. The number of rotatable bonds is 11. The predicted molar refractivity (Wildman–Crippen MR) is 112 cm³/mol. The SMILES string of the molecule is CC#C[C@H](C)[C@@H](OC)[C@H](C[C@H](C)[C@@H](OC)c1cc(OC)cc(N)c1OC)OC. The highest BCUT2D eigenvalue weighted by atomic mass is 16.5. The van der Waals surface area contributed by atoms with Gasteiger partial charge in [-0.3, -0.25) is 0 Å². The summed E-state index contributed by atoms with van der Waals surface area (Å²) in [5.41, 5.74) is 7.51. The van der Waals surface area contributed by atoms with Gasteiger partial charge in [-0.25, -0.2) is 0 Å². The second-order valence-corrected chi connectivity index (χ2v) is 6.87. The predicted octanol–water partition coefficient (Wildman–Crippen LogP) is 3.69. The van der Waals surface area contributed by atoms with E-state index in [4.69, 9.17) is 29.4 Å². The zero-order valence-corrected chi connectivity index (χ0v) is 18.4. The van der Waals surface area contributed by atoms with Crippen LogP contribution in [-0.2, 0) is 14.2 Å². The maximum absolute atomic E-state index is 6.15. The Balaban J connectivity index is 3.18. The first-order valence-corrected chi connectivity index (χ1v) is 9.40. The lowest BCUT2D eigenvalue weighted by molar-refractivity contribution is -0.0707. The van der Waals surface area contributed by atoms with Crippen LogP contribution in [0.25, 0.3) is 0 Å². The third kappa shape index (κ3) is 5.78. The van der Waals surface area contributed by atoms with Crippen LogP contribution in [0.1, 0.15) is 38.9 Å². The lowest BCUT2D eigenvalue weighted by Crippen LogP contribution is -2.37. The van der Waals surface area contributed by atoms with Crippen LogP contribution in [0.3, 0.4) is 0 Å². The second-order valence-electron chi connectivity index (χ2n) is 6.87. The zero-order valence-electron chi connectivity index (χ0n) is 18.4. The van der Waals surface area contributed by atoms with Crippen molar-refractivity contribution in [1.82, 2.24) is 0 Å². The fraction of sp³-hybridized carbons (Fsp3) is 0.636. The molecule has 1 rings (SSSR count). The van der Waals surface area contributed by atoms with E-state index in [9.17, 15) is 0 Å². The van der Waals surface area contributed by atoms with Crippen LogP contribution in [0.2, 0.25) is 0 Å². The van der Waals surface area contributed by atoms with Gasteiger partial charge in [0.2, 0.25) is 0 Å². The molecule has 0 aliphatic heterocycles. The molecule has 0 radical (unpaired) electrons. The fourth-order valence-electron chi connectivity index (χ4n) is 3.72. The lowest BCUT2D eigenvalue weighted by atomic mass is 9.87. The minimum atomic E-state index is -0.255. The molecule has 158 valence electrons. The van der Waals surface area contributed by atoms with E-state index in [2.05, 4.69) is 18.8 Å². The monoisotopic (exact) mass is 393 g/mol. The highest BCUT2D eigenvalue weighted by Gasteiger charge is 2.32. The van der Waals surface area contributed by atoms with Crippen molar-refractivity contribution in [2.75, 3.05) is 41.3 Å². The van der Waals surface area contributed by atoms with Crippen molar-refractivity contribution in [3.63, 3.8) is 0 Å². The summed E-state index contributed by atoms with van der Waals surface area (Å²) in [7, 11) is 8.27. The van der Waals surface area contributed by atoms with E-state index in [0.717, 1.165) is 5.56 Å². The van der Waals surface area contributed by atoms with Crippen LogP contribution in [0.15, 0.2) is 12.1 Å². The summed E-state index contributed by atoms with van der Waals surface area (Å²) in [5, 5.41) is 0. The van der Waals surface area contributed by atoms with Crippen LogP contribution in [0.5, 0.6) is 11.5 Å². The number of nitrogens with two attached hydrogens (primary N) is 1. The lowest BCUT2D eigenvalue weighted by Gasteiger charge is -2.32. The Labute approximate surface area is 169 Å². The highest BCUT2D eigenvalue weighted by molar-refractivity contribution is 5.61. The van der Waals surface area contributed by atoms with Gasteiger partial charge in [-0.15, -0.1) is 5.92 Å². The van der Waals surface area contributed by atoms with E-state index < -0.39 is 0 Å². The molecule has 0 aliphatic carbocycles. The van der Waals surface area contributed by atoms with Crippen LogP contribution in [-0.4, -0.2) is 47.8 Å². The topological polar surface area (TPSA) is 72.2 Å². The molecule has 0 aromatic heterocycles. The maximum atomic E-state index is 6.15. The maximum Gasteiger partial charge on any atom is 0.147 e. The molecule has 0 spiro atoms. The van der Waals surface area contributed by atoms with Gasteiger partial charge < -0.3 is 29.4 Å². The third-order valence-corrected chi connectivity index (χ3v) is 5.05. The van der Waals surface area contributed by atoms with E-state index >= 15 is 0 Å². The van der Waals surface area contributed by atoms with Gasteiger partial charge in [0.05, 0.1) is 38.2 Å². The number of nitrogen functional groups attached to an aromatic ring is 1. The van der Waals surface area contributed by atoms with Crippen LogP contribution >= 0.6 is 0 Å². The van der Waals surface area contributed by atoms with E-state index in [1.165, 1.54) is 0 Å². The summed E-state index contributed by atoms with van der Waals surface area (Å²) in [6, 6.07) is 3.64. The first-order chi connectivity index (χ1) is 13.4. The molecule has 0 bridgehead atoms. The van der Waals surface area contributed by atoms with Gasteiger partial charge >= 0.3 is 0 Å². The Morgan fingerprint density at radius 2 is 1.64 bits per heavy atom. The van der Waals surface area contributed by atoms with Crippen LogP contribution in [0, 0.1) is 23.7 Å². The molecular formula is C22H35NO5. The van der Waals surface area contributed by atoms with E-state index in [-0.39, 0.29) is 30.1 Å². The molecule has 0 unspecified atom stereocenters. The molecule has 2 N–H and O–H groups in total. The fourth-order valence-corrected chi connectivity index (χ4v) is 3.72. The molecule has 1 aromatic carbocycles. The van der Waals surface area contributed by atoms with Crippen molar-refractivity contribution in [2.45, 2.75) is 45.5 Å². The minimum Gasteiger partial charge on any atom is -0.497 e. The highest BCUT2D eigenvalue weighted by Crippen LogP contribution is 2.41. The van der Waals surface area contributed by atoms with Gasteiger partial charge in [-0.2, -0.15) is 0 Å². The summed E-state index contributed by atoms with van der Waals surface area (Å²) in [5.74, 6) is 7.52. The quantitative estimate of drug-likeness (QED) is 0.457. The van der Waals surface area contributed by atoms with Gasteiger partial charge in [0.15, 0.2) is 0 Å². The Morgan fingerprint density at radius 3 is 2.11 bits per heavy atom. The van der Waals surface area contributed by atoms with E-state index in [0.29, 0.717) is 23.6 Å². The average molecular weight is 394 g/mol. The third-order valence-electron chi connectivity index (χ3n) is 5.05. The summed E-state index contributed by atoms with van der Waals surface area (Å²) in [6.45, 7) is 5.98. The molecule has 0 saturated heterocycles. The van der Waals surface area contributed by atoms with Crippen molar-refractivity contribution >= 4 is 5.69 Å². The zero-order chi connectivity index (χ0) is 21.3. The Hall–Kier alpha value is -1.94. The Bertz CT molecular complexity index is 667. The molecular weight excluding hydrogens is 358 g/mol. The minimum absolute atomic E-state index is 0.0511. The van der Waals surface area contributed by atoms with E-state index in [1.807, 2.05) is 19.9 Å². The van der Waals surface area contributed by atoms with Crippen molar-refractivity contribution in [2.24, 2.45) is 11.8 Å². The second kappa shape index (κ2) is 11.8. The molecule has 28 heavy (non-hydrogen) atoms. The molecule has 0 amide bonds. The summed E-state index contributed by atoms with van der Waals surface area (Å²) >= 11 is 0. The summed E-state index contributed by atoms with van der Waals surface area (Å²) in [6.07, 6.45) is 0.177.